The molecule has 0 bridgehead atoms. The number of halogens is 2. The molecular weight excluding hydrogens is 326 g/mol. The fraction of sp³-hybridized carbons (Fsp3) is 0.714. The van der Waals surface area contributed by atoms with Crippen molar-refractivity contribution in [3.8, 4) is 0 Å². The number of piperidine rings is 1. The smallest absolute Gasteiger partial charge is 0.410 e. The van der Waals surface area contributed by atoms with Gasteiger partial charge in [-0.05, 0) is 33.6 Å². The Labute approximate surface area is 137 Å². The molecular formula is C14H20F2N4O4. The molecule has 1 atom stereocenters. The lowest BCUT2D eigenvalue weighted by Crippen LogP contribution is -2.43. The molecule has 134 valence electrons. The number of hydrogen-bond donors (Lipinski definition) is 1. The Morgan fingerprint density at radius 2 is 2.04 bits per heavy atom. The lowest BCUT2D eigenvalue weighted by Gasteiger charge is -2.34. The highest BCUT2D eigenvalue weighted by atomic mass is 19.3. The largest absolute Gasteiger partial charge is 0.476 e. The van der Waals surface area contributed by atoms with Crippen LogP contribution in [0, 0.1) is 0 Å². The summed E-state index contributed by atoms with van der Waals surface area (Å²) in [5.41, 5.74) is -2.17. The zero-order valence-corrected chi connectivity index (χ0v) is 13.7. The summed E-state index contributed by atoms with van der Waals surface area (Å²) in [6.07, 6.45) is -2.51. The van der Waals surface area contributed by atoms with Crippen molar-refractivity contribution in [3.05, 3.63) is 11.4 Å². The van der Waals surface area contributed by atoms with E-state index in [0.29, 0.717) is 19.4 Å². The molecule has 24 heavy (non-hydrogen) atoms. The molecule has 0 spiro atoms. The highest BCUT2D eigenvalue weighted by molar-refractivity contribution is 5.86. The van der Waals surface area contributed by atoms with Gasteiger partial charge in [-0.25, -0.2) is 23.1 Å². The Bertz CT molecular complexity index is 627. The zero-order chi connectivity index (χ0) is 18.1. The van der Waals surface area contributed by atoms with Crippen molar-refractivity contribution in [1.29, 1.82) is 0 Å². The summed E-state index contributed by atoms with van der Waals surface area (Å²) in [4.78, 5) is 24.6. The number of carboxylic acid groups (broad SMARTS) is 1. The number of nitrogens with zero attached hydrogens (tertiary/aromatic N) is 4. The summed E-state index contributed by atoms with van der Waals surface area (Å²) in [5.74, 6) is -1.56. The maximum absolute atomic E-state index is 13.2. The number of likely N-dealkylation sites (tertiary alicyclic amines) is 1. The number of carboxylic acids is 1. The van der Waals surface area contributed by atoms with Crippen LogP contribution in [0.5, 0.6) is 0 Å². The number of hydrogen-bond acceptors (Lipinski definition) is 5. The number of rotatable bonds is 3. The van der Waals surface area contributed by atoms with Gasteiger partial charge in [-0.1, -0.05) is 5.21 Å². The van der Waals surface area contributed by atoms with Crippen LogP contribution in [-0.4, -0.2) is 55.8 Å². The fourth-order valence-corrected chi connectivity index (χ4v) is 2.57. The van der Waals surface area contributed by atoms with Gasteiger partial charge in [0.1, 0.15) is 11.3 Å². The van der Waals surface area contributed by atoms with Gasteiger partial charge >= 0.3 is 12.1 Å². The van der Waals surface area contributed by atoms with Crippen LogP contribution in [0.4, 0.5) is 13.6 Å². The van der Waals surface area contributed by atoms with Crippen molar-refractivity contribution in [2.75, 3.05) is 13.1 Å². The van der Waals surface area contributed by atoms with Crippen molar-refractivity contribution in [1.82, 2.24) is 19.9 Å². The molecule has 0 saturated carbocycles. The number of ether oxygens (including phenoxy) is 1. The molecule has 1 aromatic heterocycles. The van der Waals surface area contributed by atoms with Gasteiger partial charge < -0.3 is 14.7 Å². The van der Waals surface area contributed by atoms with Crippen LogP contribution in [0.25, 0.3) is 0 Å². The summed E-state index contributed by atoms with van der Waals surface area (Å²) in [7, 11) is 0. The van der Waals surface area contributed by atoms with Gasteiger partial charge in [-0.15, -0.1) is 5.10 Å². The monoisotopic (exact) mass is 346 g/mol. The van der Waals surface area contributed by atoms with E-state index in [1.165, 1.54) is 4.90 Å². The van der Waals surface area contributed by atoms with Gasteiger partial charge in [-0.3, -0.25) is 0 Å². The van der Waals surface area contributed by atoms with Crippen LogP contribution in [0.15, 0.2) is 0 Å². The van der Waals surface area contributed by atoms with Crippen LogP contribution in [-0.2, 0) is 4.74 Å². The SMILES string of the molecule is CC(C)(C)OC(=O)N1CCC[C@@H](n2nnc(C(=O)O)c2C(F)F)C1. The highest BCUT2D eigenvalue weighted by Crippen LogP contribution is 2.29. The maximum atomic E-state index is 13.2. The minimum Gasteiger partial charge on any atom is -0.476 e. The lowest BCUT2D eigenvalue weighted by molar-refractivity contribution is 0.0159. The van der Waals surface area contributed by atoms with Crippen LogP contribution < -0.4 is 0 Å². The number of alkyl halides is 2. The predicted octanol–water partition coefficient (Wildman–Crippen LogP) is 2.49. The van der Waals surface area contributed by atoms with E-state index in [9.17, 15) is 18.4 Å². The Balaban J connectivity index is 2.21. The van der Waals surface area contributed by atoms with Gasteiger partial charge in [0.05, 0.1) is 6.04 Å². The van der Waals surface area contributed by atoms with Gasteiger partial charge in [0.25, 0.3) is 6.43 Å². The van der Waals surface area contributed by atoms with Crippen molar-refractivity contribution in [2.24, 2.45) is 0 Å². The number of carbonyl (C=O) groups excluding carboxylic acids is 1. The molecule has 1 saturated heterocycles. The molecule has 1 aliphatic heterocycles. The van der Waals surface area contributed by atoms with Crippen molar-refractivity contribution >= 4 is 12.1 Å². The van der Waals surface area contributed by atoms with E-state index in [1.807, 2.05) is 0 Å². The molecule has 1 fully saturated rings. The first-order valence-electron chi connectivity index (χ1n) is 7.54. The Morgan fingerprint density at radius 3 is 2.58 bits per heavy atom. The molecule has 0 aliphatic carbocycles. The molecule has 8 nitrogen and oxygen atoms in total. The lowest BCUT2D eigenvalue weighted by atomic mass is 10.1. The Kier molecular flexibility index (Phi) is 5.05. The third kappa shape index (κ3) is 3.98. The van der Waals surface area contributed by atoms with Gasteiger partial charge in [0.2, 0.25) is 0 Å². The van der Waals surface area contributed by atoms with Crippen molar-refractivity contribution in [2.45, 2.75) is 51.7 Å². The summed E-state index contributed by atoms with van der Waals surface area (Å²) in [5, 5.41) is 15.9. The van der Waals surface area contributed by atoms with Gasteiger partial charge in [-0.2, -0.15) is 0 Å². The summed E-state index contributed by atoms with van der Waals surface area (Å²) in [6.45, 7) is 5.75. The molecule has 0 aromatic carbocycles. The molecule has 0 unspecified atom stereocenters. The predicted molar refractivity (Wildman–Crippen MR) is 78.0 cm³/mol. The summed E-state index contributed by atoms with van der Waals surface area (Å²) >= 11 is 0. The average Bonchev–Trinajstić information content (AvgIpc) is 2.90. The first kappa shape index (κ1) is 18.1. The molecule has 1 amide bonds. The average molecular weight is 346 g/mol. The number of aromatic nitrogens is 3. The zero-order valence-electron chi connectivity index (χ0n) is 13.7. The second-order valence-corrected chi connectivity index (χ2v) is 6.60. The van der Waals surface area contributed by atoms with E-state index >= 15 is 0 Å². The molecule has 1 aromatic rings. The highest BCUT2D eigenvalue weighted by Gasteiger charge is 2.34. The van der Waals surface area contributed by atoms with E-state index in [2.05, 4.69) is 10.3 Å². The fourth-order valence-electron chi connectivity index (χ4n) is 2.57. The van der Waals surface area contributed by atoms with E-state index in [-0.39, 0.29) is 6.54 Å². The maximum Gasteiger partial charge on any atom is 0.410 e. The second kappa shape index (κ2) is 6.70. The topological polar surface area (TPSA) is 97.5 Å². The first-order chi connectivity index (χ1) is 11.1. The third-order valence-corrected chi connectivity index (χ3v) is 3.53. The van der Waals surface area contributed by atoms with E-state index in [4.69, 9.17) is 9.84 Å². The number of carbonyl (C=O) groups is 2. The minimum absolute atomic E-state index is 0.108. The molecule has 1 N–H and O–H groups in total. The van der Waals surface area contributed by atoms with Crippen LogP contribution >= 0.6 is 0 Å². The molecule has 2 heterocycles. The molecule has 1 aliphatic rings. The van der Waals surface area contributed by atoms with Crippen LogP contribution in [0.2, 0.25) is 0 Å². The number of amides is 1. The van der Waals surface area contributed by atoms with Crippen LogP contribution in [0.3, 0.4) is 0 Å². The summed E-state index contributed by atoms with van der Waals surface area (Å²) < 4.78 is 32.7. The van der Waals surface area contributed by atoms with Crippen molar-refractivity contribution in [3.63, 3.8) is 0 Å². The van der Waals surface area contributed by atoms with E-state index in [1.54, 1.807) is 20.8 Å². The molecule has 0 radical (unpaired) electrons. The van der Waals surface area contributed by atoms with Gasteiger partial charge in [0, 0.05) is 13.1 Å². The van der Waals surface area contributed by atoms with E-state index < -0.39 is 41.5 Å². The Hall–Kier alpha value is -2.26. The molecule has 10 heteroatoms. The first-order valence-corrected chi connectivity index (χ1v) is 7.54. The number of aromatic carboxylic acids is 1. The summed E-state index contributed by atoms with van der Waals surface area (Å²) in [6, 6.07) is -0.573. The normalized spacial score (nSPS) is 18.8. The second-order valence-electron chi connectivity index (χ2n) is 6.60. The van der Waals surface area contributed by atoms with Crippen LogP contribution in [0.1, 0.15) is 62.3 Å². The van der Waals surface area contributed by atoms with Crippen molar-refractivity contribution < 1.29 is 28.2 Å². The van der Waals surface area contributed by atoms with E-state index in [0.717, 1.165) is 4.68 Å². The quantitative estimate of drug-likeness (QED) is 0.903. The standard InChI is InChI=1S/C14H20F2N4O4/c1-14(2,3)24-13(23)19-6-4-5-8(7-19)20-10(11(15)16)9(12(21)22)17-18-20/h8,11H,4-7H2,1-3H3,(H,21,22)/t8-/m1/s1. The Morgan fingerprint density at radius 1 is 1.38 bits per heavy atom. The minimum atomic E-state index is -3.02. The van der Waals surface area contributed by atoms with Gasteiger partial charge in [0.15, 0.2) is 5.69 Å². The molecule has 2 rings (SSSR count). The third-order valence-electron chi connectivity index (χ3n) is 3.53.